The molecule has 3 aromatic rings. The van der Waals surface area contributed by atoms with E-state index >= 15 is 0 Å². The molecule has 3 rings (SSSR count). The van der Waals surface area contributed by atoms with Crippen LogP contribution in [0.5, 0.6) is 5.75 Å². The summed E-state index contributed by atoms with van der Waals surface area (Å²) in [7, 11) is 0. The van der Waals surface area contributed by atoms with E-state index in [0.717, 1.165) is 28.1 Å². The van der Waals surface area contributed by atoms with E-state index in [1.807, 2.05) is 62.7 Å². The smallest absolute Gasteiger partial charge is 0.277 e. The van der Waals surface area contributed by atoms with Gasteiger partial charge in [-0.15, -0.1) is 0 Å². The monoisotopic (exact) mass is 390 g/mol. The number of aryl methyl sites for hydroxylation is 3. The summed E-state index contributed by atoms with van der Waals surface area (Å²) in [5.74, 6) is 0.364. The molecule has 0 aliphatic rings. The van der Waals surface area contributed by atoms with Gasteiger partial charge >= 0.3 is 0 Å². The van der Waals surface area contributed by atoms with Crippen LogP contribution in [0.15, 0.2) is 53.6 Å². The van der Waals surface area contributed by atoms with Crippen molar-refractivity contribution in [3.63, 3.8) is 0 Å². The third-order valence-corrected chi connectivity index (χ3v) is 4.56. The van der Waals surface area contributed by atoms with Crippen LogP contribution in [0.25, 0.3) is 0 Å². The number of ether oxygens (including phenoxy) is 1. The molecule has 0 saturated heterocycles. The molecule has 2 aromatic carbocycles. The van der Waals surface area contributed by atoms with Gasteiger partial charge in [-0.05, 0) is 56.5 Å². The maximum Gasteiger partial charge on any atom is 0.277 e. The third kappa shape index (κ3) is 5.54. The van der Waals surface area contributed by atoms with Gasteiger partial charge in [0.1, 0.15) is 5.75 Å². The van der Waals surface area contributed by atoms with Crippen molar-refractivity contribution in [3.05, 3.63) is 82.2 Å². The van der Waals surface area contributed by atoms with Crippen molar-refractivity contribution in [1.29, 1.82) is 0 Å². The van der Waals surface area contributed by atoms with Crippen molar-refractivity contribution in [3.8, 4) is 5.75 Å². The zero-order valence-corrected chi connectivity index (χ0v) is 17.3. The van der Waals surface area contributed by atoms with Crippen molar-refractivity contribution in [2.75, 3.05) is 6.61 Å². The molecule has 0 bridgehead atoms. The zero-order chi connectivity index (χ0) is 20.8. The van der Waals surface area contributed by atoms with Gasteiger partial charge in [0.15, 0.2) is 6.61 Å². The summed E-state index contributed by atoms with van der Waals surface area (Å²) >= 11 is 0. The number of carbonyl (C=O) groups is 1. The zero-order valence-electron chi connectivity index (χ0n) is 17.3. The summed E-state index contributed by atoms with van der Waals surface area (Å²) in [5.41, 5.74) is 8.64. The standard InChI is InChI=1S/C23H26N4O2/c1-16-10-17(2)12-21(11-16)29-15-23(28)25-24-13-22-18(3)26-27(19(22)4)14-20-8-6-5-7-9-20/h5-13H,14-15H2,1-4H3,(H,25,28)/b24-13+. The van der Waals surface area contributed by atoms with Crippen molar-refractivity contribution in [1.82, 2.24) is 15.2 Å². The van der Waals surface area contributed by atoms with E-state index in [-0.39, 0.29) is 12.5 Å². The predicted molar refractivity (Wildman–Crippen MR) is 114 cm³/mol. The molecule has 0 unspecified atom stereocenters. The average Bonchev–Trinajstić information content (AvgIpc) is 2.94. The van der Waals surface area contributed by atoms with Gasteiger partial charge in [0, 0.05) is 11.3 Å². The number of hydrazone groups is 1. The number of hydrogen-bond donors (Lipinski definition) is 1. The Balaban J connectivity index is 1.57. The molecule has 0 atom stereocenters. The molecular weight excluding hydrogens is 364 g/mol. The Labute approximate surface area is 171 Å². The van der Waals surface area contributed by atoms with E-state index in [0.29, 0.717) is 12.3 Å². The maximum atomic E-state index is 12.0. The lowest BCUT2D eigenvalue weighted by atomic mass is 10.1. The molecule has 0 saturated carbocycles. The van der Waals surface area contributed by atoms with Crippen LogP contribution in [0.4, 0.5) is 0 Å². The van der Waals surface area contributed by atoms with Gasteiger partial charge in [-0.1, -0.05) is 36.4 Å². The summed E-state index contributed by atoms with van der Waals surface area (Å²) < 4.78 is 7.49. The highest BCUT2D eigenvalue weighted by Gasteiger charge is 2.10. The quantitative estimate of drug-likeness (QED) is 0.494. The lowest BCUT2D eigenvalue weighted by molar-refractivity contribution is -0.123. The first-order valence-electron chi connectivity index (χ1n) is 9.53. The van der Waals surface area contributed by atoms with Crippen LogP contribution in [-0.4, -0.2) is 28.5 Å². The first kappa shape index (κ1) is 20.3. The van der Waals surface area contributed by atoms with Gasteiger partial charge in [0.2, 0.25) is 0 Å². The number of amides is 1. The number of hydrogen-bond acceptors (Lipinski definition) is 4. The second-order valence-electron chi connectivity index (χ2n) is 7.13. The van der Waals surface area contributed by atoms with Gasteiger partial charge in [0.05, 0.1) is 18.5 Å². The molecule has 0 aliphatic carbocycles. The minimum atomic E-state index is -0.313. The van der Waals surface area contributed by atoms with E-state index in [1.54, 1.807) is 6.21 Å². The molecule has 29 heavy (non-hydrogen) atoms. The Morgan fingerprint density at radius 1 is 1.10 bits per heavy atom. The van der Waals surface area contributed by atoms with Crippen LogP contribution >= 0.6 is 0 Å². The fourth-order valence-corrected chi connectivity index (χ4v) is 3.17. The topological polar surface area (TPSA) is 68.5 Å². The molecule has 0 spiro atoms. The lowest BCUT2D eigenvalue weighted by Crippen LogP contribution is -2.24. The largest absolute Gasteiger partial charge is 0.484 e. The molecule has 150 valence electrons. The summed E-state index contributed by atoms with van der Waals surface area (Å²) in [6, 6.07) is 16.0. The fraction of sp³-hybridized carbons (Fsp3) is 0.261. The van der Waals surface area contributed by atoms with Crippen LogP contribution < -0.4 is 10.2 Å². The molecule has 1 amide bonds. The first-order chi connectivity index (χ1) is 13.9. The highest BCUT2D eigenvalue weighted by molar-refractivity contribution is 5.84. The molecular formula is C23H26N4O2. The lowest BCUT2D eigenvalue weighted by Gasteiger charge is -2.07. The Morgan fingerprint density at radius 3 is 2.48 bits per heavy atom. The third-order valence-electron chi connectivity index (χ3n) is 4.56. The van der Waals surface area contributed by atoms with Gasteiger partial charge in [0.25, 0.3) is 5.91 Å². The van der Waals surface area contributed by atoms with E-state index in [1.165, 1.54) is 5.56 Å². The molecule has 6 nitrogen and oxygen atoms in total. The normalized spacial score (nSPS) is 11.0. The van der Waals surface area contributed by atoms with Crippen LogP contribution in [0.1, 0.15) is 33.6 Å². The average molecular weight is 390 g/mol. The Hall–Kier alpha value is -3.41. The van der Waals surface area contributed by atoms with Crippen LogP contribution in [-0.2, 0) is 11.3 Å². The van der Waals surface area contributed by atoms with Gasteiger partial charge in [-0.2, -0.15) is 10.2 Å². The number of nitrogens with zero attached hydrogens (tertiary/aromatic N) is 3. The number of benzene rings is 2. The Bertz CT molecular complexity index is 1000. The molecule has 0 aliphatic heterocycles. The molecule has 1 aromatic heterocycles. The molecule has 0 radical (unpaired) electrons. The second-order valence-corrected chi connectivity index (χ2v) is 7.13. The number of nitrogens with one attached hydrogen (secondary N) is 1. The first-order valence-corrected chi connectivity index (χ1v) is 9.53. The second kappa shape index (κ2) is 9.19. The molecule has 6 heteroatoms. The Morgan fingerprint density at radius 2 is 1.79 bits per heavy atom. The van der Waals surface area contributed by atoms with Gasteiger partial charge in [-0.25, -0.2) is 5.43 Å². The van der Waals surface area contributed by atoms with Crippen LogP contribution in [0.3, 0.4) is 0 Å². The van der Waals surface area contributed by atoms with Crippen molar-refractivity contribution in [2.45, 2.75) is 34.2 Å². The van der Waals surface area contributed by atoms with Crippen molar-refractivity contribution < 1.29 is 9.53 Å². The summed E-state index contributed by atoms with van der Waals surface area (Å²) in [6.45, 7) is 8.51. The van der Waals surface area contributed by atoms with Crippen LogP contribution in [0, 0.1) is 27.7 Å². The molecule has 0 fully saturated rings. The van der Waals surface area contributed by atoms with E-state index < -0.39 is 0 Å². The minimum Gasteiger partial charge on any atom is -0.484 e. The molecule has 1 heterocycles. The van der Waals surface area contributed by atoms with Crippen molar-refractivity contribution >= 4 is 12.1 Å². The van der Waals surface area contributed by atoms with Crippen LogP contribution in [0.2, 0.25) is 0 Å². The Kier molecular flexibility index (Phi) is 6.44. The highest BCUT2D eigenvalue weighted by atomic mass is 16.5. The number of aromatic nitrogens is 2. The SMILES string of the molecule is Cc1cc(C)cc(OCC(=O)N/N=C/c2c(C)nn(Cc3ccccc3)c2C)c1. The minimum absolute atomic E-state index is 0.0918. The highest BCUT2D eigenvalue weighted by Crippen LogP contribution is 2.16. The number of carbonyl (C=O) groups excluding carboxylic acids is 1. The van der Waals surface area contributed by atoms with E-state index in [4.69, 9.17) is 4.74 Å². The van der Waals surface area contributed by atoms with E-state index in [9.17, 15) is 4.79 Å². The number of rotatable bonds is 7. The maximum absolute atomic E-state index is 12.0. The summed E-state index contributed by atoms with van der Waals surface area (Å²) in [4.78, 5) is 12.0. The van der Waals surface area contributed by atoms with Gasteiger partial charge in [-0.3, -0.25) is 9.48 Å². The molecule has 1 N–H and O–H groups in total. The summed E-state index contributed by atoms with van der Waals surface area (Å²) in [6.07, 6.45) is 1.63. The fourth-order valence-electron chi connectivity index (χ4n) is 3.17. The predicted octanol–water partition coefficient (Wildman–Crippen LogP) is 3.69. The van der Waals surface area contributed by atoms with Gasteiger partial charge < -0.3 is 4.74 Å². The van der Waals surface area contributed by atoms with E-state index in [2.05, 4.69) is 33.8 Å². The van der Waals surface area contributed by atoms with Crippen molar-refractivity contribution in [2.24, 2.45) is 5.10 Å². The summed E-state index contributed by atoms with van der Waals surface area (Å²) in [5, 5.41) is 8.66.